The number of aromatic nitrogens is 1. The fraction of sp³-hybridized carbons (Fsp3) is 0.200. The van der Waals surface area contributed by atoms with Crippen molar-refractivity contribution in [3.8, 4) is 11.5 Å². The van der Waals surface area contributed by atoms with Gasteiger partial charge in [0.2, 0.25) is 5.91 Å². The second kappa shape index (κ2) is 11.3. The van der Waals surface area contributed by atoms with E-state index in [1.807, 2.05) is 55.5 Å². The number of nitrogens with one attached hydrogen (secondary N) is 3. The molecular weight excluding hydrogens is 558 g/mol. The van der Waals surface area contributed by atoms with Crippen LogP contribution in [-0.2, 0) is 4.79 Å². The fourth-order valence-corrected chi connectivity index (χ4v) is 7.29. The Balaban J connectivity index is 1.30. The first-order chi connectivity index (χ1) is 19.9. The van der Waals surface area contributed by atoms with E-state index in [4.69, 9.17) is 4.74 Å². The number of carbonyl (C=O) groups excluding carboxylic acids is 3. The molecule has 2 aliphatic heterocycles. The molecule has 1 fully saturated rings. The number of ether oxygens (including phenoxy) is 1. The third-order valence-corrected chi connectivity index (χ3v) is 9.38. The summed E-state index contributed by atoms with van der Waals surface area (Å²) in [5, 5.41) is 9.33. The Bertz CT molecular complexity index is 1670. The molecule has 9 nitrogen and oxygen atoms in total. The average molecular weight is 586 g/mol. The molecule has 208 valence electrons. The normalized spacial score (nSPS) is 18.0. The Morgan fingerprint density at radius 1 is 1.12 bits per heavy atom. The monoisotopic (exact) mass is 585 g/mol. The van der Waals surface area contributed by atoms with Gasteiger partial charge in [0.1, 0.15) is 21.2 Å². The zero-order valence-electron chi connectivity index (χ0n) is 22.2. The van der Waals surface area contributed by atoms with Gasteiger partial charge >= 0.3 is 6.03 Å². The van der Waals surface area contributed by atoms with Gasteiger partial charge in [-0.2, -0.15) is 0 Å². The minimum absolute atomic E-state index is 0.218. The Morgan fingerprint density at radius 2 is 1.95 bits per heavy atom. The van der Waals surface area contributed by atoms with Crippen molar-refractivity contribution in [3.05, 3.63) is 83.9 Å². The average Bonchev–Trinajstić information content (AvgIpc) is 3.35. The van der Waals surface area contributed by atoms with Gasteiger partial charge in [-0.1, -0.05) is 24.8 Å². The summed E-state index contributed by atoms with van der Waals surface area (Å²) in [6.45, 7) is 5.44. The molecule has 0 bridgehead atoms. The van der Waals surface area contributed by atoms with E-state index < -0.39 is 0 Å². The highest BCUT2D eigenvalue weighted by Crippen LogP contribution is 2.46. The highest BCUT2D eigenvalue weighted by molar-refractivity contribution is 8.00. The van der Waals surface area contributed by atoms with Gasteiger partial charge in [-0.25, -0.2) is 9.78 Å². The van der Waals surface area contributed by atoms with Gasteiger partial charge in [-0.3, -0.25) is 14.5 Å². The van der Waals surface area contributed by atoms with E-state index in [9.17, 15) is 14.4 Å². The largest absolute Gasteiger partial charge is 0.457 e. The number of nitrogens with zero attached hydrogens (tertiary/aromatic N) is 2. The van der Waals surface area contributed by atoms with Gasteiger partial charge in [0, 0.05) is 6.20 Å². The molecule has 0 aliphatic carbocycles. The lowest BCUT2D eigenvalue weighted by Gasteiger charge is -2.32. The number of aryl methyl sites for hydroxylation is 1. The Kier molecular flexibility index (Phi) is 7.38. The summed E-state index contributed by atoms with van der Waals surface area (Å²) < 4.78 is 5.97. The summed E-state index contributed by atoms with van der Waals surface area (Å²) in [5.41, 5.74) is 2.63. The van der Waals surface area contributed by atoms with Crippen molar-refractivity contribution >= 4 is 68.2 Å². The van der Waals surface area contributed by atoms with E-state index in [2.05, 4.69) is 27.5 Å². The molecule has 2 aromatic heterocycles. The molecule has 0 unspecified atom stereocenters. The van der Waals surface area contributed by atoms with E-state index in [1.54, 1.807) is 28.9 Å². The number of amides is 4. The zero-order valence-corrected chi connectivity index (χ0v) is 23.8. The van der Waals surface area contributed by atoms with Crippen LogP contribution in [0, 0.1) is 6.92 Å². The molecule has 2 atom stereocenters. The molecule has 0 spiro atoms. The second-order valence-corrected chi connectivity index (χ2v) is 11.9. The molecule has 11 heteroatoms. The number of para-hydroxylation sites is 1. The van der Waals surface area contributed by atoms with Crippen molar-refractivity contribution in [2.45, 2.75) is 31.2 Å². The van der Waals surface area contributed by atoms with E-state index in [-0.39, 0.29) is 29.3 Å². The lowest BCUT2D eigenvalue weighted by molar-refractivity contribution is -0.117. The van der Waals surface area contributed by atoms with Crippen LogP contribution in [0.5, 0.6) is 11.5 Å². The maximum atomic E-state index is 13.6. The number of thiophene rings is 1. The molecule has 0 saturated carbocycles. The molecule has 1 saturated heterocycles. The van der Waals surface area contributed by atoms with Crippen molar-refractivity contribution in [1.82, 2.24) is 15.6 Å². The first-order valence-corrected chi connectivity index (χ1v) is 15.0. The molecule has 0 radical (unpaired) electrons. The first kappa shape index (κ1) is 26.9. The van der Waals surface area contributed by atoms with Crippen molar-refractivity contribution in [2.24, 2.45) is 0 Å². The van der Waals surface area contributed by atoms with Crippen LogP contribution >= 0.6 is 23.1 Å². The summed E-state index contributed by atoms with van der Waals surface area (Å²) >= 11 is 2.82. The number of urea groups is 1. The first-order valence-electron chi connectivity index (χ1n) is 13.1. The van der Waals surface area contributed by atoms with Crippen LogP contribution in [0.2, 0.25) is 0 Å². The van der Waals surface area contributed by atoms with Gasteiger partial charge in [0.05, 0.1) is 33.9 Å². The molecule has 4 aromatic rings. The minimum Gasteiger partial charge on any atom is -0.457 e. The van der Waals surface area contributed by atoms with Gasteiger partial charge in [0.15, 0.2) is 0 Å². The predicted molar refractivity (Wildman–Crippen MR) is 164 cm³/mol. The van der Waals surface area contributed by atoms with Crippen molar-refractivity contribution < 1.29 is 19.1 Å². The van der Waals surface area contributed by atoms with Crippen LogP contribution in [-0.4, -0.2) is 40.0 Å². The summed E-state index contributed by atoms with van der Waals surface area (Å²) in [6.07, 6.45) is 4.56. The summed E-state index contributed by atoms with van der Waals surface area (Å²) in [5.74, 6) is 1.66. The van der Waals surface area contributed by atoms with Gasteiger partial charge in [0.25, 0.3) is 5.91 Å². The maximum absolute atomic E-state index is 13.6. The fourth-order valence-electron chi connectivity index (χ4n) is 5.06. The minimum atomic E-state index is -0.375. The van der Waals surface area contributed by atoms with Gasteiger partial charge in [-0.15, -0.1) is 23.1 Å². The van der Waals surface area contributed by atoms with E-state index in [0.29, 0.717) is 37.9 Å². The molecular formula is C30H27N5O4S2. The number of carbonyl (C=O) groups is 3. The van der Waals surface area contributed by atoms with E-state index >= 15 is 0 Å². The number of thioether (sulfide) groups is 1. The molecule has 41 heavy (non-hydrogen) atoms. The molecule has 4 heterocycles. The standard InChI is InChI=1S/C30H27N5O4S2/c1-3-23(36)32-20-10-7-15-40-28(20)34-27(37)26-25-24-22(13-14-31-29(24)41-26)35(30(38)33-25)21-12-11-19(16-17(21)2)39-18-8-5-4-6-9-18/h3-6,8-9,11-14,16,20,28H,1,7,10,15H2,2H3,(H,32,36)(H,33,38)(H,34,37)/t20-,28+/m1/s1. The summed E-state index contributed by atoms with van der Waals surface area (Å²) in [6, 6.07) is 16.3. The van der Waals surface area contributed by atoms with Gasteiger partial charge in [-0.05, 0) is 73.6 Å². The highest BCUT2D eigenvalue weighted by atomic mass is 32.2. The molecule has 2 aromatic carbocycles. The SMILES string of the molecule is C=CC(=O)N[C@@H]1CCCS[C@@H]1NC(=O)c1sc2nccc3c2c1NC(=O)N3c1ccc(Oc2ccccc2)cc1C. The lowest BCUT2D eigenvalue weighted by Crippen LogP contribution is -2.51. The zero-order chi connectivity index (χ0) is 28.5. The lowest BCUT2D eigenvalue weighted by atomic mass is 10.1. The van der Waals surface area contributed by atoms with Crippen LogP contribution in [0.25, 0.3) is 10.2 Å². The molecule has 3 N–H and O–H groups in total. The summed E-state index contributed by atoms with van der Waals surface area (Å²) in [4.78, 5) is 46.2. The number of hydrogen-bond acceptors (Lipinski definition) is 7. The van der Waals surface area contributed by atoms with Crippen LogP contribution < -0.4 is 25.6 Å². The van der Waals surface area contributed by atoms with Gasteiger partial charge < -0.3 is 20.7 Å². The third kappa shape index (κ3) is 5.25. The number of rotatable bonds is 7. The van der Waals surface area contributed by atoms with E-state index in [1.165, 1.54) is 17.4 Å². The van der Waals surface area contributed by atoms with Crippen LogP contribution in [0.1, 0.15) is 28.1 Å². The van der Waals surface area contributed by atoms with Crippen LogP contribution in [0.3, 0.4) is 0 Å². The quantitative estimate of drug-likeness (QED) is 0.218. The van der Waals surface area contributed by atoms with Crippen molar-refractivity contribution in [2.75, 3.05) is 16.0 Å². The number of anilines is 3. The molecule has 6 rings (SSSR count). The Hall–Kier alpha value is -4.35. The van der Waals surface area contributed by atoms with Crippen LogP contribution in [0.15, 0.2) is 73.4 Å². The number of hydrogen-bond donors (Lipinski definition) is 3. The highest BCUT2D eigenvalue weighted by Gasteiger charge is 2.35. The molecule has 4 amide bonds. The Labute approximate surface area is 245 Å². The topological polar surface area (TPSA) is 113 Å². The third-order valence-electron chi connectivity index (χ3n) is 6.95. The van der Waals surface area contributed by atoms with Crippen LogP contribution in [0.4, 0.5) is 21.9 Å². The van der Waals surface area contributed by atoms with Crippen molar-refractivity contribution in [3.63, 3.8) is 0 Å². The Morgan fingerprint density at radius 3 is 2.73 bits per heavy atom. The number of pyridine rings is 1. The van der Waals surface area contributed by atoms with E-state index in [0.717, 1.165) is 29.9 Å². The molecule has 2 aliphatic rings. The maximum Gasteiger partial charge on any atom is 0.331 e. The second-order valence-electron chi connectivity index (χ2n) is 9.67. The predicted octanol–water partition coefficient (Wildman–Crippen LogP) is 6.33. The van der Waals surface area contributed by atoms with Crippen molar-refractivity contribution in [1.29, 1.82) is 0 Å². The summed E-state index contributed by atoms with van der Waals surface area (Å²) in [7, 11) is 0. The number of benzene rings is 2. The smallest absolute Gasteiger partial charge is 0.331 e.